The Morgan fingerprint density at radius 1 is 0.739 bits per heavy atom. The third-order valence-electron chi connectivity index (χ3n) is 4.09. The molecule has 3 nitrogen and oxygen atoms in total. The van der Waals surface area contributed by atoms with Gasteiger partial charge in [-0.2, -0.15) is 0 Å². The molecule has 0 atom stereocenters. The zero-order valence-corrected chi connectivity index (χ0v) is 13.2. The van der Waals surface area contributed by atoms with Crippen LogP contribution < -0.4 is 4.90 Å². The van der Waals surface area contributed by atoms with E-state index in [4.69, 9.17) is 0 Å². The Labute approximate surface area is 137 Å². The first-order valence-corrected chi connectivity index (χ1v) is 7.78. The number of piperazine rings is 1. The fourth-order valence-corrected chi connectivity index (χ4v) is 2.59. The van der Waals surface area contributed by atoms with Gasteiger partial charge < -0.3 is 9.80 Å². The molecule has 0 saturated carbocycles. The highest BCUT2D eigenvalue weighted by Gasteiger charge is 2.13. The number of likely N-dealkylation sites (N-methyl/N-ethyl adjacent to an activating group) is 1. The molecule has 3 rings (SSSR count). The molecule has 1 heterocycles. The van der Waals surface area contributed by atoms with Gasteiger partial charge in [0.2, 0.25) is 6.29 Å². The monoisotopic (exact) mass is 303 g/mol. The highest BCUT2D eigenvalue weighted by atomic mass is 16.1. The zero-order valence-electron chi connectivity index (χ0n) is 13.2. The van der Waals surface area contributed by atoms with E-state index in [0.29, 0.717) is 5.56 Å². The van der Waals surface area contributed by atoms with Gasteiger partial charge in [-0.3, -0.25) is 4.79 Å². The van der Waals surface area contributed by atoms with E-state index in [1.165, 1.54) is 5.69 Å². The third-order valence-corrected chi connectivity index (χ3v) is 4.09. The molecule has 0 bridgehead atoms. The fourth-order valence-electron chi connectivity index (χ4n) is 2.59. The Kier molecular flexibility index (Phi) is 4.75. The molecule has 23 heavy (non-hydrogen) atoms. The van der Waals surface area contributed by atoms with Crippen molar-refractivity contribution in [2.24, 2.45) is 0 Å². The molecular weight excluding hydrogens is 284 g/mol. The number of hydrogen-bond acceptors (Lipinski definition) is 3. The van der Waals surface area contributed by atoms with E-state index >= 15 is 0 Å². The maximum absolute atomic E-state index is 10.5. The molecule has 1 aliphatic rings. The lowest BCUT2D eigenvalue weighted by molar-refractivity contribution is 0.313. The number of hydrogen-bond donors (Lipinski definition) is 0. The van der Waals surface area contributed by atoms with E-state index in [2.05, 4.69) is 53.0 Å². The van der Waals surface area contributed by atoms with Crippen LogP contribution in [0.15, 0.2) is 48.5 Å². The smallest absolute Gasteiger partial charge is 0.233 e. The van der Waals surface area contributed by atoms with Crippen molar-refractivity contribution in [1.29, 1.82) is 0 Å². The second-order valence-corrected chi connectivity index (χ2v) is 5.77. The molecule has 1 saturated heterocycles. The fraction of sp³-hybridized carbons (Fsp3) is 0.250. The third kappa shape index (κ3) is 4.00. The van der Waals surface area contributed by atoms with Crippen LogP contribution in [0, 0.1) is 11.8 Å². The predicted octanol–water partition coefficient (Wildman–Crippen LogP) is 2.30. The minimum absolute atomic E-state index is 0.548. The summed E-state index contributed by atoms with van der Waals surface area (Å²) in [5.41, 5.74) is 3.70. The second kappa shape index (κ2) is 7.13. The summed E-state index contributed by atoms with van der Waals surface area (Å²) in [4.78, 5) is 15.3. The molecule has 3 heteroatoms. The number of anilines is 1. The van der Waals surface area contributed by atoms with Crippen molar-refractivity contribution in [2.45, 2.75) is 0 Å². The van der Waals surface area contributed by atoms with Gasteiger partial charge in [-0.25, -0.2) is 0 Å². The maximum Gasteiger partial charge on any atom is 0.233 e. The van der Waals surface area contributed by atoms with E-state index in [0.717, 1.165) is 37.3 Å². The lowest BCUT2D eigenvalue weighted by Crippen LogP contribution is -2.44. The molecule has 0 unspecified atom stereocenters. The van der Waals surface area contributed by atoms with E-state index in [-0.39, 0.29) is 0 Å². The second-order valence-electron chi connectivity index (χ2n) is 5.77. The minimum atomic E-state index is 0.548. The topological polar surface area (TPSA) is 23.6 Å². The van der Waals surface area contributed by atoms with Crippen molar-refractivity contribution in [3.63, 3.8) is 0 Å². The molecule has 1 fully saturated rings. The van der Waals surface area contributed by atoms with Gasteiger partial charge in [0.15, 0.2) is 0 Å². The summed E-state index contributed by atoms with van der Waals surface area (Å²) in [7, 11) is 2.16. The molecule has 2 aromatic rings. The molecule has 0 amide bonds. The summed E-state index contributed by atoms with van der Waals surface area (Å²) in [6.07, 6.45) is 1.86. The Balaban J connectivity index is 1.67. The van der Waals surface area contributed by atoms with Crippen molar-refractivity contribution < 1.29 is 4.79 Å². The highest BCUT2D eigenvalue weighted by Crippen LogP contribution is 2.16. The lowest BCUT2D eigenvalue weighted by Gasteiger charge is -2.34. The van der Waals surface area contributed by atoms with Crippen LogP contribution in [0.2, 0.25) is 0 Å². The average Bonchev–Trinajstić information content (AvgIpc) is 2.61. The summed E-state index contributed by atoms with van der Waals surface area (Å²) in [5.74, 6) is 6.28. The first kappa shape index (κ1) is 15.3. The van der Waals surface area contributed by atoms with E-state index in [1.54, 1.807) is 12.1 Å². The van der Waals surface area contributed by atoms with Crippen LogP contribution in [-0.2, 0) is 4.79 Å². The van der Waals surface area contributed by atoms with Crippen LogP contribution >= 0.6 is 0 Å². The Bertz CT molecular complexity index is 715. The first-order valence-electron chi connectivity index (χ1n) is 7.78. The summed E-state index contributed by atoms with van der Waals surface area (Å²) >= 11 is 0. The Morgan fingerprint density at radius 3 is 1.74 bits per heavy atom. The van der Waals surface area contributed by atoms with Gasteiger partial charge in [0.25, 0.3) is 0 Å². The van der Waals surface area contributed by atoms with Crippen LogP contribution in [0.25, 0.3) is 0 Å². The van der Waals surface area contributed by atoms with Gasteiger partial charge in [0.05, 0.1) is 0 Å². The van der Waals surface area contributed by atoms with Crippen molar-refractivity contribution in [1.82, 2.24) is 4.90 Å². The molecule has 115 valence electrons. The van der Waals surface area contributed by atoms with Crippen LogP contribution in [0.1, 0.15) is 16.7 Å². The highest BCUT2D eigenvalue weighted by molar-refractivity contribution is 5.75. The average molecular weight is 303 g/mol. The molecule has 1 aliphatic heterocycles. The van der Waals surface area contributed by atoms with Crippen molar-refractivity contribution >= 4 is 12.0 Å². The van der Waals surface area contributed by atoms with Gasteiger partial charge in [-0.1, -0.05) is 11.8 Å². The van der Waals surface area contributed by atoms with Gasteiger partial charge in [0, 0.05) is 48.6 Å². The number of benzene rings is 2. The van der Waals surface area contributed by atoms with Crippen LogP contribution in [0.5, 0.6) is 0 Å². The Hall–Kier alpha value is -2.57. The van der Waals surface area contributed by atoms with Crippen LogP contribution in [0.4, 0.5) is 5.69 Å². The Morgan fingerprint density at radius 2 is 1.22 bits per heavy atom. The summed E-state index contributed by atoms with van der Waals surface area (Å²) < 4.78 is 0. The summed E-state index contributed by atoms with van der Waals surface area (Å²) in [6, 6.07) is 15.5. The molecule has 0 N–H and O–H groups in total. The van der Waals surface area contributed by atoms with E-state index in [9.17, 15) is 4.79 Å². The van der Waals surface area contributed by atoms with E-state index in [1.807, 2.05) is 18.4 Å². The van der Waals surface area contributed by atoms with Gasteiger partial charge in [-0.15, -0.1) is 0 Å². The molecular formula is C20H19N2O. The molecule has 0 aliphatic carbocycles. The molecule has 2 aromatic carbocycles. The normalized spacial score (nSPS) is 14.9. The molecule has 0 spiro atoms. The summed E-state index contributed by atoms with van der Waals surface area (Å²) in [5, 5.41) is 0. The predicted molar refractivity (Wildman–Crippen MR) is 93.4 cm³/mol. The SMILES string of the molecule is CN1CCN(c2ccc(C#Cc3ccc([C]=O)cc3)cc2)CC1. The first-order chi connectivity index (χ1) is 11.2. The van der Waals surface area contributed by atoms with Crippen LogP contribution in [0.3, 0.4) is 0 Å². The molecule has 1 radical (unpaired) electrons. The number of rotatable bonds is 2. The lowest BCUT2D eigenvalue weighted by atomic mass is 10.1. The maximum atomic E-state index is 10.5. The van der Waals surface area contributed by atoms with Crippen molar-refractivity contribution in [3.05, 3.63) is 65.2 Å². The van der Waals surface area contributed by atoms with Crippen molar-refractivity contribution in [2.75, 3.05) is 38.1 Å². The van der Waals surface area contributed by atoms with Gasteiger partial charge in [0.1, 0.15) is 0 Å². The minimum Gasteiger partial charge on any atom is -0.369 e. The number of nitrogens with zero attached hydrogens (tertiary/aromatic N) is 2. The summed E-state index contributed by atoms with van der Waals surface area (Å²) in [6.45, 7) is 4.36. The van der Waals surface area contributed by atoms with Gasteiger partial charge >= 0.3 is 0 Å². The zero-order chi connectivity index (χ0) is 16.1. The quantitative estimate of drug-likeness (QED) is 0.795. The number of carbonyl (C=O) groups excluding carboxylic acids is 1. The largest absolute Gasteiger partial charge is 0.369 e. The van der Waals surface area contributed by atoms with Crippen molar-refractivity contribution in [3.8, 4) is 11.8 Å². The van der Waals surface area contributed by atoms with Crippen LogP contribution in [-0.4, -0.2) is 44.4 Å². The van der Waals surface area contributed by atoms with E-state index < -0.39 is 0 Å². The molecule has 0 aromatic heterocycles. The van der Waals surface area contributed by atoms with Gasteiger partial charge in [-0.05, 0) is 55.6 Å². The standard InChI is InChI=1S/C20H19N2O/c1-21-12-14-22(15-13-21)20-10-8-18(9-11-20)3-2-17-4-6-19(16-23)7-5-17/h4-11H,12-15H2,1H3.